The standard InChI is InChI=1S/C20H22N2O3/c1-24-18-8-5-13(9-19(18)25-17-6-7-17)14-10-20(23)22(12-14)16-4-2-3-15(21)11-16/h2-5,8-9,11,14,17H,6-7,10,12,21H2,1H3. The van der Waals surface area contributed by atoms with Gasteiger partial charge in [0.2, 0.25) is 5.91 Å². The van der Waals surface area contributed by atoms with E-state index in [0.717, 1.165) is 35.6 Å². The third kappa shape index (κ3) is 3.27. The van der Waals surface area contributed by atoms with Crippen LogP contribution in [0.5, 0.6) is 11.5 Å². The fourth-order valence-corrected chi connectivity index (χ4v) is 3.28. The molecule has 1 saturated carbocycles. The molecule has 2 fully saturated rings. The quantitative estimate of drug-likeness (QED) is 0.849. The third-order valence-electron chi connectivity index (χ3n) is 4.78. The number of anilines is 2. The summed E-state index contributed by atoms with van der Waals surface area (Å²) in [6.45, 7) is 0.650. The SMILES string of the molecule is COc1ccc(C2CC(=O)N(c3cccc(N)c3)C2)cc1OC1CC1. The lowest BCUT2D eigenvalue weighted by molar-refractivity contribution is -0.117. The van der Waals surface area contributed by atoms with Crippen molar-refractivity contribution in [2.75, 3.05) is 24.3 Å². The highest BCUT2D eigenvalue weighted by Gasteiger charge is 2.32. The Morgan fingerprint density at radius 3 is 2.68 bits per heavy atom. The van der Waals surface area contributed by atoms with E-state index in [9.17, 15) is 4.79 Å². The minimum atomic E-state index is 0.121. The summed E-state index contributed by atoms with van der Waals surface area (Å²) in [5.41, 5.74) is 8.48. The Morgan fingerprint density at radius 2 is 1.96 bits per heavy atom. The van der Waals surface area contributed by atoms with Crippen molar-refractivity contribution in [2.24, 2.45) is 0 Å². The van der Waals surface area contributed by atoms with Gasteiger partial charge in [-0.15, -0.1) is 0 Å². The molecule has 1 heterocycles. The zero-order valence-electron chi connectivity index (χ0n) is 14.3. The van der Waals surface area contributed by atoms with Crippen molar-refractivity contribution in [3.63, 3.8) is 0 Å². The Hall–Kier alpha value is -2.69. The fourth-order valence-electron chi connectivity index (χ4n) is 3.28. The normalized spacial score (nSPS) is 20.0. The van der Waals surface area contributed by atoms with Gasteiger partial charge in [0.25, 0.3) is 0 Å². The van der Waals surface area contributed by atoms with Gasteiger partial charge in [-0.05, 0) is 48.7 Å². The summed E-state index contributed by atoms with van der Waals surface area (Å²) < 4.78 is 11.4. The predicted molar refractivity (Wildman–Crippen MR) is 97.2 cm³/mol. The van der Waals surface area contributed by atoms with Gasteiger partial charge in [0.15, 0.2) is 11.5 Å². The maximum atomic E-state index is 12.5. The van der Waals surface area contributed by atoms with E-state index < -0.39 is 0 Å². The van der Waals surface area contributed by atoms with Crippen molar-refractivity contribution >= 4 is 17.3 Å². The molecule has 1 amide bonds. The van der Waals surface area contributed by atoms with Crippen molar-refractivity contribution in [3.8, 4) is 11.5 Å². The molecule has 2 aliphatic rings. The molecule has 1 unspecified atom stereocenters. The summed E-state index contributed by atoms with van der Waals surface area (Å²) in [5.74, 6) is 1.78. The lowest BCUT2D eigenvalue weighted by atomic mass is 9.98. The van der Waals surface area contributed by atoms with Crippen LogP contribution in [0.15, 0.2) is 42.5 Å². The van der Waals surface area contributed by atoms with Crippen LogP contribution in [0, 0.1) is 0 Å². The van der Waals surface area contributed by atoms with Gasteiger partial charge in [-0.2, -0.15) is 0 Å². The van der Waals surface area contributed by atoms with E-state index in [-0.39, 0.29) is 11.8 Å². The maximum absolute atomic E-state index is 12.5. The van der Waals surface area contributed by atoms with E-state index in [1.54, 1.807) is 7.11 Å². The summed E-state index contributed by atoms with van der Waals surface area (Å²) in [7, 11) is 1.65. The van der Waals surface area contributed by atoms with E-state index in [1.165, 1.54) is 0 Å². The molecule has 0 spiro atoms. The number of amides is 1. The predicted octanol–water partition coefficient (Wildman–Crippen LogP) is 3.34. The highest BCUT2D eigenvalue weighted by Crippen LogP contribution is 2.38. The Labute approximate surface area is 147 Å². The van der Waals surface area contributed by atoms with E-state index >= 15 is 0 Å². The number of methoxy groups -OCH3 is 1. The van der Waals surface area contributed by atoms with Gasteiger partial charge >= 0.3 is 0 Å². The summed E-state index contributed by atoms with van der Waals surface area (Å²) in [6.07, 6.45) is 2.99. The van der Waals surface area contributed by atoms with E-state index in [1.807, 2.05) is 47.4 Å². The highest BCUT2D eigenvalue weighted by molar-refractivity contribution is 5.96. The molecule has 2 N–H and O–H groups in total. The smallest absolute Gasteiger partial charge is 0.227 e. The van der Waals surface area contributed by atoms with Gasteiger partial charge in [0, 0.05) is 30.3 Å². The van der Waals surface area contributed by atoms with Crippen LogP contribution in [0.2, 0.25) is 0 Å². The average molecular weight is 338 g/mol. The first kappa shape index (κ1) is 15.8. The minimum Gasteiger partial charge on any atom is -0.493 e. The molecule has 2 aromatic carbocycles. The first-order chi connectivity index (χ1) is 12.1. The van der Waals surface area contributed by atoms with Gasteiger partial charge < -0.3 is 20.1 Å². The molecule has 1 atom stereocenters. The molecule has 5 nitrogen and oxygen atoms in total. The van der Waals surface area contributed by atoms with E-state index in [2.05, 4.69) is 0 Å². The van der Waals surface area contributed by atoms with Gasteiger partial charge in [0.1, 0.15) is 0 Å². The van der Waals surface area contributed by atoms with E-state index in [4.69, 9.17) is 15.2 Å². The Bertz CT molecular complexity index is 801. The molecule has 2 aromatic rings. The summed E-state index contributed by atoms with van der Waals surface area (Å²) in [6, 6.07) is 13.5. The minimum absolute atomic E-state index is 0.121. The van der Waals surface area contributed by atoms with Gasteiger partial charge in [-0.3, -0.25) is 4.79 Å². The van der Waals surface area contributed by atoms with Gasteiger partial charge in [-0.1, -0.05) is 12.1 Å². The zero-order valence-corrected chi connectivity index (χ0v) is 14.3. The monoisotopic (exact) mass is 338 g/mol. The zero-order chi connectivity index (χ0) is 17.4. The molecule has 1 aliphatic carbocycles. The average Bonchev–Trinajstić information content (AvgIpc) is 3.34. The molecule has 0 aromatic heterocycles. The van der Waals surface area contributed by atoms with Crippen LogP contribution in [0.1, 0.15) is 30.7 Å². The molecule has 0 radical (unpaired) electrons. The molecular formula is C20H22N2O3. The Morgan fingerprint density at radius 1 is 1.12 bits per heavy atom. The number of carbonyl (C=O) groups excluding carboxylic acids is 1. The van der Waals surface area contributed by atoms with Crippen LogP contribution in [-0.2, 0) is 4.79 Å². The van der Waals surface area contributed by atoms with Crippen LogP contribution in [0.4, 0.5) is 11.4 Å². The van der Waals surface area contributed by atoms with Crippen LogP contribution in [0.25, 0.3) is 0 Å². The van der Waals surface area contributed by atoms with Crippen LogP contribution >= 0.6 is 0 Å². The molecule has 25 heavy (non-hydrogen) atoms. The number of nitrogens with two attached hydrogens (primary N) is 1. The van der Waals surface area contributed by atoms with Crippen molar-refractivity contribution in [1.82, 2.24) is 0 Å². The van der Waals surface area contributed by atoms with Crippen molar-refractivity contribution < 1.29 is 14.3 Å². The number of nitrogen functional groups attached to an aromatic ring is 1. The second-order valence-corrected chi connectivity index (χ2v) is 6.73. The van der Waals surface area contributed by atoms with Crippen molar-refractivity contribution in [2.45, 2.75) is 31.3 Å². The Balaban J connectivity index is 1.57. The molecule has 1 saturated heterocycles. The van der Waals surface area contributed by atoms with Crippen molar-refractivity contribution in [3.05, 3.63) is 48.0 Å². The molecule has 4 rings (SSSR count). The maximum Gasteiger partial charge on any atom is 0.227 e. The molecule has 130 valence electrons. The molecule has 0 bridgehead atoms. The van der Waals surface area contributed by atoms with Crippen LogP contribution in [0.3, 0.4) is 0 Å². The molecule has 1 aliphatic heterocycles. The number of benzene rings is 2. The Kier molecular flexibility index (Phi) is 3.99. The first-order valence-corrected chi connectivity index (χ1v) is 8.64. The topological polar surface area (TPSA) is 64.8 Å². The number of hydrogen-bond donors (Lipinski definition) is 1. The lowest BCUT2D eigenvalue weighted by Gasteiger charge is -2.18. The number of ether oxygens (including phenoxy) is 2. The number of hydrogen-bond acceptors (Lipinski definition) is 4. The summed E-state index contributed by atoms with van der Waals surface area (Å²) >= 11 is 0. The number of rotatable bonds is 5. The number of nitrogens with zero attached hydrogens (tertiary/aromatic N) is 1. The largest absolute Gasteiger partial charge is 0.493 e. The molecule has 5 heteroatoms. The summed E-state index contributed by atoms with van der Waals surface area (Å²) in [5, 5.41) is 0. The van der Waals surface area contributed by atoms with E-state index in [0.29, 0.717) is 24.8 Å². The van der Waals surface area contributed by atoms with Gasteiger partial charge in [-0.25, -0.2) is 0 Å². The number of carbonyl (C=O) groups is 1. The fraction of sp³-hybridized carbons (Fsp3) is 0.350. The van der Waals surface area contributed by atoms with Crippen molar-refractivity contribution in [1.29, 1.82) is 0 Å². The van der Waals surface area contributed by atoms with Gasteiger partial charge in [0.05, 0.1) is 13.2 Å². The van der Waals surface area contributed by atoms with Crippen LogP contribution < -0.4 is 20.1 Å². The highest BCUT2D eigenvalue weighted by atomic mass is 16.5. The first-order valence-electron chi connectivity index (χ1n) is 8.64. The summed E-state index contributed by atoms with van der Waals surface area (Å²) in [4.78, 5) is 14.3. The second-order valence-electron chi connectivity index (χ2n) is 6.73. The second kappa shape index (κ2) is 6.31. The lowest BCUT2D eigenvalue weighted by Crippen LogP contribution is -2.24. The van der Waals surface area contributed by atoms with Crippen LogP contribution in [-0.4, -0.2) is 25.7 Å². The third-order valence-corrected chi connectivity index (χ3v) is 4.78. The molecular weight excluding hydrogens is 316 g/mol.